The first-order chi connectivity index (χ1) is 8.73. The second-order valence-electron chi connectivity index (χ2n) is 5.03. The molecular weight excluding hydrogens is 264 g/mol. The Morgan fingerprint density at radius 2 is 1.84 bits per heavy atom. The van der Waals surface area contributed by atoms with Crippen molar-refractivity contribution in [3.05, 3.63) is 15.6 Å². The monoisotopic (exact) mass is 284 g/mol. The number of carboxylic acids is 1. The van der Waals surface area contributed by atoms with Crippen LogP contribution in [0.2, 0.25) is 0 Å². The molecule has 0 radical (unpaired) electrons. The maximum absolute atomic E-state index is 11.9. The van der Waals surface area contributed by atoms with Crippen molar-refractivity contribution in [1.82, 2.24) is 10.3 Å². The largest absolute Gasteiger partial charge is 0.477 e. The van der Waals surface area contributed by atoms with Gasteiger partial charge in [-0.15, -0.1) is 11.3 Å². The predicted octanol–water partition coefficient (Wildman–Crippen LogP) is 2.62. The van der Waals surface area contributed by atoms with E-state index in [0.717, 1.165) is 11.3 Å². The highest BCUT2D eigenvalue weighted by Crippen LogP contribution is 2.24. The number of carboxylic acid groups (broad SMARTS) is 1. The van der Waals surface area contributed by atoms with Crippen LogP contribution in [0.5, 0.6) is 0 Å². The molecule has 0 aliphatic rings. The van der Waals surface area contributed by atoms with Gasteiger partial charge < -0.3 is 10.4 Å². The highest BCUT2D eigenvalue weighted by Gasteiger charge is 2.22. The molecule has 2 atom stereocenters. The Kier molecular flexibility index (Phi) is 5.05. The molecule has 0 aliphatic heterocycles. The molecule has 0 aliphatic carbocycles. The maximum Gasteiger partial charge on any atom is 0.347 e. The van der Waals surface area contributed by atoms with Gasteiger partial charge in [0.25, 0.3) is 0 Å². The molecule has 0 spiro atoms. The molecule has 1 amide bonds. The van der Waals surface area contributed by atoms with E-state index >= 15 is 0 Å². The van der Waals surface area contributed by atoms with E-state index in [2.05, 4.69) is 10.3 Å². The van der Waals surface area contributed by atoms with Crippen molar-refractivity contribution in [2.45, 2.75) is 40.7 Å². The molecule has 0 saturated heterocycles. The molecule has 5 nitrogen and oxygen atoms in total. The lowest BCUT2D eigenvalue weighted by molar-refractivity contribution is -0.126. The lowest BCUT2D eigenvalue weighted by Crippen LogP contribution is -2.33. The first-order valence-corrected chi connectivity index (χ1v) is 7.06. The van der Waals surface area contributed by atoms with Gasteiger partial charge in [0.05, 0.1) is 11.7 Å². The van der Waals surface area contributed by atoms with Crippen molar-refractivity contribution < 1.29 is 14.7 Å². The van der Waals surface area contributed by atoms with Crippen LogP contribution in [0, 0.1) is 18.8 Å². The number of hydrogen-bond acceptors (Lipinski definition) is 4. The van der Waals surface area contributed by atoms with E-state index in [0.29, 0.717) is 10.7 Å². The van der Waals surface area contributed by atoms with Crippen molar-refractivity contribution in [3.8, 4) is 0 Å². The molecule has 1 rings (SSSR count). The smallest absolute Gasteiger partial charge is 0.347 e. The van der Waals surface area contributed by atoms with Gasteiger partial charge in [-0.2, -0.15) is 0 Å². The summed E-state index contributed by atoms with van der Waals surface area (Å²) in [6.07, 6.45) is 0. The standard InChI is InChI=1S/C13H20N2O3S/c1-6(2)7(3)11(16)14-9(5)12-15-8(4)10(19-12)13(17)18/h6-7,9H,1-5H3,(H,14,16)(H,17,18). The number of aromatic carboxylic acids is 1. The number of amides is 1. The lowest BCUT2D eigenvalue weighted by Gasteiger charge is -2.18. The maximum atomic E-state index is 11.9. The van der Waals surface area contributed by atoms with Gasteiger partial charge in [0.15, 0.2) is 0 Å². The first-order valence-electron chi connectivity index (χ1n) is 6.25. The molecule has 6 heteroatoms. The van der Waals surface area contributed by atoms with Gasteiger partial charge in [-0.1, -0.05) is 20.8 Å². The number of nitrogens with one attached hydrogen (secondary N) is 1. The summed E-state index contributed by atoms with van der Waals surface area (Å²) in [4.78, 5) is 27.3. The van der Waals surface area contributed by atoms with E-state index in [1.165, 1.54) is 0 Å². The molecule has 19 heavy (non-hydrogen) atoms. The molecule has 0 saturated carbocycles. The zero-order valence-electron chi connectivity index (χ0n) is 11.9. The van der Waals surface area contributed by atoms with Gasteiger partial charge in [0.1, 0.15) is 9.88 Å². The topological polar surface area (TPSA) is 79.3 Å². The highest BCUT2D eigenvalue weighted by atomic mass is 32.1. The SMILES string of the molecule is Cc1nc(C(C)NC(=O)C(C)C(C)C)sc1C(=O)O. The molecule has 1 aromatic rings. The Morgan fingerprint density at radius 1 is 1.26 bits per heavy atom. The van der Waals surface area contributed by atoms with Crippen molar-refractivity contribution in [1.29, 1.82) is 0 Å². The third-order valence-corrected chi connectivity index (χ3v) is 4.48. The van der Waals surface area contributed by atoms with Gasteiger partial charge in [0.2, 0.25) is 5.91 Å². The molecule has 1 aromatic heterocycles. The number of aryl methyl sites for hydroxylation is 1. The van der Waals surface area contributed by atoms with Crippen LogP contribution in [-0.4, -0.2) is 22.0 Å². The minimum atomic E-state index is -0.977. The summed E-state index contributed by atoms with van der Waals surface area (Å²) in [5.74, 6) is -0.829. The average molecular weight is 284 g/mol. The molecule has 0 bridgehead atoms. The number of nitrogens with zero attached hydrogens (tertiary/aromatic N) is 1. The Labute approximate surface area is 117 Å². The molecule has 2 unspecified atom stereocenters. The van der Waals surface area contributed by atoms with Crippen LogP contribution in [0.1, 0.15) is 54.1 Å². The van der Waals surface area contributed by atoms with E-state index in [1.54, 1.807) is 6.92 Å². The summed E-state index contributed by atoms with van der Waals surface area (Å²) in [6, 6.07) is -0.273. The second kappa shape index (κ2) is 6.14. The van der Waals surface area contributed by atoms with Crippen LogP contribution < -0.4 is 5.32 Å². The zero-order chi connectivity index (χ0) is 14.7. The number of rotatable bonds is 5. The predicted molar refractivity (Wildman–Crippen MR) is 74.4 cm³/mol. The molecular formula is C13H20N2O3S. The van der Waals surface area contributed by atoms with Crippen LogP contribution in [0.25, 0.3) is 0 Å². The van der Waals surface area contributed by atoms with Crippen molar-refractivity contribution in [2.24, 2.45) is 11.8 Å². The van der Waals surface area contributed by atoms with Crippen LogP contribution in [0.4, 0.5) is 0 Å². The third-order valence-electron chi connectivity index (χ3n) is 3.15. The number of hydrogen-bond donors (Lipinski definition) is 2. The Bertz CT molecular complexity index is 482. The summed E-state index contributed by atoms with van der Waals surface area (Å²) in [6.45, 7) is 9.34. The molecule has 1 heterocycles. The van der Waals surface area contributed by atoms with E-state index in [1.807, 2.05) is 27.7 Å². The fraction of sp³-hybridized carbons (Fsp3) is 0.615. The van der Waals surface area contributed by atoms with Gasteiger partial charge in [-0.3, -0.25) is 4.79 Å². The highest BCUT2D eigenvalue weighted by molar-refractivity contribution is 7.13. The Morgan fingerprint density at radius 3 is 2.26 bits per heavy atom. The fourth-order valence-electron chi connectivity index (χ4n) is 1.51. The van der Waals surface area contributed by atoms with Crippen molar-refractivity contribution in [3.63, 3.8) is 0 Å². The van der Waals surface area contributed by atoms with Gasteiger partial charge in [-0.05, 0) is 19.8 Å². The fourth-order valence-corrected chi connectivity index (χ4v) is 2.42. The van der Waals surface area contributed by atoms with Crippen LogP contribution in [-0.2, 0) is 4.79 Å². The minimum absolute atomic E-state index is 0.0350. The summed E-state index contributed by atoms with van der Waals surface area (Å²) in [7, 11) is 0. The zero-order valence-corrected chi connectivity index (χ0v) is 12.7. The Hall–Kier alpha value is -1.43. The normalized spacial score (nSPS) is 14.2. The number of aromatic nitrogens is 1. The summed E-state index contributed by atoms with van der Waals surface area (Å²) < 4.78 is 0. The number of thiazole rings is 1. The Balaban J connectivity index is 2.79. The minimum Gasteiger partial charge on any atom is -0.477 e. The summed E-state index contributed by atoms with van der Waals surface area (Å²) in [5, 5.41) is 12.5. The van der Waals surface area contributed by atoms with E-state index in [9.17, 15) is 9.59 Å². The quantitative estimate of drug-likeness (QED) is 0.871. The number of carbonyl (C=O) groups is 2. The van der Waals surface area contributed by atoms with Crippen LogP contribution >= 0.6 is 11.3 Å². The van der Waals surface area contributed by atoms with E-state index in [-0.39, 0.29) is 28.7 Å². The van der Waals surface area contributed by atoms with Gasteiger partial charge in [-0.25, -0.2) is 9.78 Å². The van der Waals surface area contributed by atoms with Crippen LogP contribution in [0.3, 0.4) is 0 Å². The third kappa shape index (κ3) is 3.76. The van der Waals surface area contributed by atoms with E-state index in [4.69, 9.17) is 5.11 Å². The van der Waals surface area contributed by atoms with Gasteiger partial charge >= 0.3 is 5.97 Å². The van der Waals surface area contributed by atoms with Crippen LogP contribution in [0.15, 0.2) is 0 Å². The lowest BCUT2D eigenvalue weighted by atomic mass is 9.97. The summed E-state index contributed by atoms with van der Waals surface area (Å²) >= 11 is 1.11. The average Bonchev–Trinajstić information content (AvgIpc) is 2.70. The second-order valence-corrected chi connectivity index (χ2v) is 6.07. The molecule has 0 fully saturated rings. The van der Waals surface area contributed by atoms with E-state index < -0.39 is 5.97 Å². The number of carbonyl (C=O) groups excluding carboxylic acids is 1. The molecule has 106 valence electrons. The van der Waals surface area contributed by atoms with Gasteiger partial charge in [0, 0.05) is 5.92 Å². The molecule has 0 aromatic carbocycles. The van der Waals surface area contributed by atoms with Crippen molar-refractivity contribution >= 4 is 23.2 Å². The molecule has 2 N–H and O–H groups in total. The summed E-state index contributed by atoms with van der Waals surface area (Å²) in [5.41, 5.74) is 0.491. The first kappa shape index (κ1) is 15.6. The van der Waals surface area contributed by atoms with Crippen molar-refractivity contribution in [2.75, 3.05) is 0 Å².